The minimum absolute atomic E-state index is 0.128. The van der Waals surface area contributed by atoms with Crippen LogP contribution in [0.5, 0.6) is 0 Å². The fourth-order valence-corrected chi connectivity index (χ4v) is 1.86. The van der Waals surface area contributed by atoms with E-state index in [1.165, 1.54) is 10.6 Å². The molecule has 0 saturated heterocycles. The number of carbonyl (C=O) groups excluding carboxylic acids is 1. The number of hydrogen-bond acceptors (Lipinski definition) is 3. The monoisotopic (exact) mass is 271 g/mol. The Labute approximate surface area is 117 Å². The molecule has 0 spiro atoms. The Hall–Kier alpha value is -2.40. The standard InChI is InChI=1S/C15H17N3O2/c1-18-10-12(7-8-14(18)19)17-15(20)13(16)9-11-5-3-2-4-6-11/h2-8,10,13H,9,16H2,1H3,(H,17,20)/t13-/m0/s1. The number of carbonyl (C=O) groups is 1. The molecule has 1 aromatic carbocycles. The molecule has 0 bridgehead atoms. The van der Waals surface area contributed by atoms with E-state index in [-0.39, 0.29) is 11.5 Å². The zero-order valence-corrected chi connectivity index (χ0v) is 11.2. The van der Waals surface area contributed by atoms with Crippen LogP contribution in [0.15, 0.2) is 53.5 Å². The highest BCUT2D eigenvalue weighted by Gasteiger charge is 2.14. The van der Waals surface area contributed by atoms with Crippen molar-refractivity contribution in [2.75, 3.05) is 5.32 Å². The van der Waals surface area contributed by atoms with Crippen LogP contribution in [0.4, 0.5) is 5.69 Å². The lowest BCUT2D eigenvalue weighted by Gasteiger charge is -2.12. The van der Waals surface area contributed by atoms with Crippen molar-refractivity contribution < 1.29 is 4.79 Å². The average Bonchev–Trinajstić information content (AvgIpc) is 2.44. The highest BCUT2D eigenvalue weighted by atomic mass is 16.2. The first-order valence-electron chi connectivity index (χ1n) is 6.33. The van der Waals surface area contributed by atoms with Crippen molar-refractivity contribution in [3.63, 3.8) is 0 Å². The van der Waals surface area contributed by atoms with Gasteiger partial charge in [0.2, 0.25) is 11.5 Å². The maximum atomic E-state index is 12.0. The predicted molar refractivity (Wildman–Crippen MR) is 78.4 cm³/mol. The first kappa shape index (κ1) is 14.0. The van der Waals surface area contributed by atoms with Crippen molar-refractivity contribution in [3.05, 3.63) is 64.6 Å². The number of anilines is 1. The van der Waals surface area contributed by atoms with Gasteiger partial charge in [0.25, 0.3) is 0 Å². The second kappa shape index (κ2) is 6.16. The number of nitrogens with zero attached hydrogens (tertiary/aromatic N) is 1. The number of hydrogen-bond donors (Lipinski definition) is 2. The van der Waals surface area contributed by atoms with Crippen LogP contribution in [0.2, 0.25) is 0 Å². The van der Waals surface area contributed by atoms with Crippen LogP contribution in [0.1, 0.15) is 5.56 Å². The summed E-state index contributed by atoms with van der Waals surface area (Å²) in [5.74, 6) is -0.271. The quantitative estimate of drug-likeness (QED) is 0.867. The van der Waals surface area contributed by atoms with Gasteiger partial charge in [0.15, 0.2) is 0 Å². The molecule has 0 radical (unpaired) electrons. The van der Waals surface area contributed by atoms with E-state index in [4.69, 9.17) is 5.73 Å². The fourth-order valence-electron chi connectivity index (χ4n) is 1.86. The molecule has 2 rings (SSSR count). The molecule has 0 saturated carbocycles. The van der Waals surface area contributed by atoms with E-state index in [1.54, 1.807) is 19.3 Å². The second-order valence-corrected chi connectivity index (χ2v) is 4.65. The van der Waals surface area contributed by atoms with Gasteiger partial charge in [-0.25, -0.2) is 0 Å². The van der Waals surface area contributed by atoms with Crippen LogP contribution in [-0.4, -0.2) is 16.5 Å². The van der Waals surface area contributed by atoms with E-state index in [0.717, 1.165) is 5.56 Å². The summed E-state index contributed by atoms with van der Waals surface area (Å²) in [6, 6.07) is 11.9. The summed E-state index contributed by atoms with van der Waals surface area (Å²) in [6.45, 7) is 0. The summed E-state index contributed by atoms with van der Waals surface area (Å²) >= 11 is 0. The van der Waals surface area contributed by atoms with Gasteiger partial charge in [-0.15, -0.1) is 0 Å². The molecule has 5 heteroatoms. The normalized spacial score (nSPS) is 11.9. The van der Waals surface area contributed by atoms with E-state index in [9.17, 15) is 9.59 Å². The molecule has 3 N–H and O–H groups in total. The molecular weight excluding hydrogens is 254 g/mol. The molecule has 0 fully saturated rings. The van der Waals surface area contributed by atoms with Crippen LogP contribution in [0.25, 0.3) is 0 Å². The smallest absolute Gasteiger partial charge is 0.250 e. The Morgan fingerprint density at radius 3 is 2.60 bits per heavy atom. The predicted octanol–water partition coefficient (Wildman–Crippen LogP) is 0.894. The zero-order chi connectivity index (χ0) is 14.5. The topological polar surface area (TPSA) is 77.1 Å². The molecule has 20 heavy (non-hydrogen) atoms. The maximum absolute atomic E-state index is 12.0. The minimum Gasteiger partial charge on any atom is -0.323 e. The molecule has 0 aliphatic heterocycles. The molecule has 1 heterocycles. The highest BCUT2D eigenvalue weighted by Crippen LogP contribution is 2.06. The van der Waals surface area contributed by atoms with Crippen molar-refractivity contribution >= 4 is 11.6 Å². The van der Waals surface area contributed by atoms with Crippen LogP contribution in [0.3, 0.4) is 0 Å². The Bertz CT molecular complexity index is 650. The third kappa shape index (κ3) is 3.55. The van der Waals surface area contributed by atoms with Crippen LogP contribution in [-0.2, 0) is 18.3 Å². The molecule has 1 aromatic heterocycles. The summed E-state index contributed by atoms with van der Waals surface area (Å²) < 4.78 is 1.40. The SMILES string of the molecule is Cn1cc(NC(=O)[C@@H](N)Cc2ccccc2)ccc1=O. The van der Waals surface area contributed by atoms with Gasteiger partial charge >= 0.3 is 0 Å². The van der Waals surface area contributed by atoms with Gasteiger partial charge in [-0.2, -0.15) is 0 Å². The van der Waals surface area contributed by atoms with Crippen molar-refractivity contribution in [1.29, 1.82) is 0 Å². The van der Waals surface area contributed by atoms with Gasteiger partial charge in [0.05, 0.1) is 11.7 Å². The summed E-state index contributed by atoms with van der Waals surface area (Å²) in [4.78, 5) is 23.2. The largest absolute Gasteiger partial charge is 0.323 e. The Balaban J connectivity index is 2.00. The summed E-state index contributed by atoms with van der Waals surface area (Å²) in [7, 11) is 1.63. The second-order valence-electron chi connectivity index (χ2n) is 4.65. The number of benzene rings is 1. The molecule has 1 atom stereocenters. The van der Waals surface area contributed by atoms with E-state index in [1.807, 2.05) is 30.3 Å². The minimum atomic E-state index is -0.630. The number of aryl methyl sites for hydroxylation is 1. The number of nitrogens with one attached hydrogen (secondary N) is 1. The first-order chi connectivity index (χ1) is 9.56. The van der Waals surface area contributed by atoms with Gasteiger partial charge in [0, 0.05) is 19.3 Å². The van der Waals surface area contributed by atoms with Gasteiger partial charge < -0.3 is 15.6 Å². The van der Waals surface area contributed by atoms with E-state index in [2.05, 4.69) is 5.32 Å². The Morgan fingerprint density at radius 1 is 1.25 bits per heavy atom. The van der Waals surface area contributed by atoms with Crippen molar-refractivity contribution in [1.82, 2.24) is 4.57 Å². The third-order valence-electron chi connectivity index (χ3n) is 2.99. The molecule has 1 amide bonds. The average molecular weight is 271 g/mol. The molecule has 0 aliphatic rings. The lowest BCUT2D eigenvalue weighted by molar-refractivity contribution is -0.117. The number of pyridine rings is 1. The molecule has 2 aromatic rings. The maximum Gasteiger partial charge on any atom is 0.250 e. The van der Waals surface area contributed by atoms with Crippen molar-refractivity contribution in [2.24, 2.45) is 12.8 Å². The lowest BCUT2D eigenvalue weighted by Crippen LogP contribution is -2.37. The van der Waals surface area contributed by atoms with E-state index in [0.29, 0.717) is 12.1 Å². The number of amides is 1. The van der Waals surface area contributed by atoms with Gasteiger partial charge in [-0.3, -0.25) is 9.59 Å². The zero-order valence-electron chi connectivity index (χ0n) is 11.2. The fraction of sp³-hybridized carbons (Fsp3) is 0.200. The van der Waals surface area contributed by atoms with Crippen LogP contribution in [0, 0.1) is 0 Å². The van der Waals surface area contributed by atoms with Gasteiger partial charge in [-0.1, -0.05) is 30.3 Å². The summed E-state index contributed by atoms with van der Waals surface area (Å²) in [5, 5.41) is 2.71. The van der Waals surface area contributed by atoms with Crippen molar-refractivity contribution in [2.45, 2.75) is 12.5 Å². The highest BCUT2D eigenvalue weighted by molar-refractivity contribution is 5.94. The summed E-state index contributed by atoms with van der Waals surface area (Å²) in [5.41, 5.74) is 7.32. The molecule has 5 nitrogen and oxygen atoms in total. The Morgan fingerprint density at radius 2 is 1.95 bits per heavy atom. The van der Waals surface area contributed by atoms with Crippen LogP contribution < -0.4 is 16.6 Å². The first-order valence-corrected chi connectivity index (χ1v) is 6.33. The number of nitrogens with two attached hydrogens (primary N) is 1. The van der Waals surface area contributed by atoms with E-state index >= 15 is 0 Å². The van der Waals surface area contributed by atoms with E-state index < -0.39 is 6.04 Å². The van der Waals surface area contributed by atoms with Crippen LogP contribution >= 0.6 is 0 Å². The molecule has 0 unspecified atom stereocenters. The molecule has 0 aliphatic carbocycles. The lowest BCUT2D eigenvalue weighted by atomic mass is 10.1. The van der Waals surface area contributed by atoms with Crippen molar-refractivity contribution in [3.8, 4) is 0 Å². The number of rotatable bonds is 4. The third-order valence-corrected chi connectivity index (χ3v) is 2.99. The summed E-state index contributed by atoms with van der Waals surface area (Å²) in [6.07, 6.45) is 2.04. The Kier molecular flexibility index (Phi) is 4.32. The van der Waals surface area contributed by atoms with Gasteiger partial charge in [-0.05, 0) is 18.1 Å². The number of aromatic nitrogens is 1. The molecular formula is C15H17N3O2. The molecule has 104 valence electrons. The van der Waals surface area contributed by atoms with Gasteiger partial charge in [0.1, 0.15) is 0 Å².